The Hall–Kier alpha value is -4.15. The number of halogens is 3. The third kappa shape index (κ3) is 4.00. The normalized spacial score (nSPS) is 14.1. The summed E-state index contributed by atoms with van der Waals surface area (Å²) in [6.07, 6.45) is 0.0232. The molecule has 1 aliphatic carbocycles. The third-order valence-electron chi connectivity index (χ3n) is 6.31. The number of nitrogens with one attached hydrogen (secondary N) is 1. The zero-order valence-electron chi connectivity index (χ0n) is 19.2. The van der Waals surface area contributed by atoms with E-state index in [9.17, 15) is 18.0 Å². The molecule has 0 bridgehead atoms. The summed E-state index contributed by atoms with van der Waals surface area (Å²) in [6.45, 7) is 0.357. The van der Waals surface area contributed by atoms with E-state index in [1.54, 1.807) is 34.5 Å². The zero-order valence-corrected chi connectivity index (χ0v) is 19.2. The van der Waals surface area contributed by atoms with E-state index in [2.05, 4.69) is 20.6 Å². The Labute approximate surface area is 202 Å². The van der Waals surface area contributed by atoms with Gasteiger partial charge in [0.05, 0.1) is 11.1 Å². The molecular weight excluding hydrogens is 473 g/mol. The Morgan fingerprint density at radius 3 is 2.64 bits per heavy atom. The van der Waals surface area contributed by atoms with Crippen LogP contribution in [-0.4, -0.2) is 36.9 Å². The smallest absolute Gasteiger partial charge is 0.352 e. The lowest BCUT2D eigenvalue weighted by Gasteiger charge is -2.10. The van der Waals surface area contributed by atoms with Crippen LogP contribution in [0.2, 0.25) is 0 Å². The van der Waals surface area contributed by atoms with Gasteiger partial charge in [-0.05, 0) is 55.3 Å². The molecule has 0 saturated heterocycles. The number of fused-ring (bicyclic) bond motifs is 3. The predicted octanol–water partition coefficient (Wildman–Crippen LogP) is 4.77. The molecule has 0 spiro atoms. The Morgan fingerprint density at radius 1 is 1.14 bits per heavy atom. The Kier molecular flexibility index (Phi) is 5.09. The highest BCUT2D eigenvalue weighted by molar-refractivity contribution is 6.10. The van der Waals surface area contributed by atoms with E-state index in [0.717, 1.165) is 41.3 Å². The molecule has 1 aliphatic rings. The number of carbonyl (C=O) groups excluding carboxylic acids is 1. The van der Waals surface area contributed by atoms with Crippen LogP contribution >= 0.6 is 0 Å². The number of amides is 1. The SMILES string of the molecule is Cn1cc2c3cc(C(=O)NCCc4noc(C5CC5)n4)ccc3n(-c3ccc(C(F)(F)F)cc3)c2n1. The molecule has 11 heteroatoms. The highest BCUT2D eigenvalue weighted by Gasteiger charge is 2.30. The van der Waals surface area contributed by atoms with Gasteiger partial charge >= 0.3 is 6.18 Å². The molecular formula is C25H21F3N6O2. The van der Waals surface area contributed by atoms with E-state index >= 15 is 0 Å². The van der Waals surface area contributed by atoms with Crippen LogP contribution in [0.15, 0.2) is 53.2 Å². The number of hydrogen-bond acceptors (Lipinski definition) is 5. The lowest BCUT2D eigenvalue weighted by molar-refractivity contribution is -0.137. The number of benzene rings is 2. The molecule has 1 amide bonds. The fourth-order valence-corrected chi connectivity index (χ4v) is 4.35. The maximum absolute atomic E-state index is 13.0. The van der Waals surface area contributed by atoms with Crippen molar-refractivity contribution in [1.82, 2.24) is 29.8 Å². The number of aryl methyl sites for hydroxylation is 1. The van der Waals surface area contributed by atoms with Gasteiger partial charge in [-0.2, -0.15) is 23.3 Å². The van der Waals surface area contributed by atoms with Gasteiger partial charge in [0.1, 0.15) is 0 Å². The summed E-state index contributed by atoms with van der Waals surface area (Å²) in [7, 11) is 1.77. The van der Waals surface area contributed by atoms with Gasteiger partial charge in [0.2, 0.25) is 5.89 Å². The third-order valence-corrected chi connectivity index (χ3v) is 6.31. The number of alkyl halides is 3. The van der Waals surface area contributed by atoms with Crippen LogP contribution in [0.4, 0.5) is 13.2 Å². The average Bonchev–Trinajstić information content (AvgIpc) is 3.36. The van der Waals surface area contributed by atoms with Crippen molar-refractivity contribution >= 4 is 27.8 Å². The Morgan fingerprint density at radius 2 is 1.92 bits per heavy atom. The highest BCUT2D eigenvalue weighted by atomic mass is 19.4. The molecule has 184 valence electrons. The number of rotatable bonds is 6. The summed E-state index contributed by atoms with van der Waals surface area (Å²) in [5.41, 5.74) is 1.62. The van der Waals surface area contributed by atoms with Crippen LogP contribution in [0.25, 0.3) is 27.6 Å². The first-order chi connectivity index (χ1) is 17.3. The second kappa shape index (κ2) is 8.21. The number of carbonyl (C=O) groups is 1. The van der Waals surface area contributed by atoms with Crippen LogP contribution < -0.4 is 5.32 Å². The first-order valence-electron chi connectivity index (χ1n) is 11.5. The Bertz CT molecular complexity index is 1590. The molecule has 1 fully saturated rings. The second-order valence-corrected chi connectivity index (χ2v) is 8.98. The van der Waals surface area contributed by atoms with Gasteiger partial charge in [0, 0.05) is 54.2 Å². The predicted molar refractivity (Wildman–Crippen MR) is 125 cm³/mol. The first kappa shape index (κ1) is 22.3. The van der Waals surface area contributed by atoms with E-state index in [4.69, 9.17) is 4.52 Å². The van der Waals surface area contributed by atoms with Gasteiger partial charge in [-0.3, -0.25) is 14.0 Å². The first-order valence-corrected chi connectivity index (χ1v) is 11.5. The molecule has 1 N–H and O–H groups in total. The van der Waals surface area contributed by atoms with Crippen molar-refractivity contribution in [3.05, 3.63) is 71.5 Å². The minimum atomic E-state index is -4.41. The standard InChI is InChI=1S/C25H21F3N6O2/c1-33-13-19-18-12-15(23(35)29-11-10-21-30-24(36-32-21)14-2-3-14)4-9-20(18)34(22(19)31-33)17-7-5-16(6-8-17)25(26,27)28/h4-9,12-14H,2-3,10-11H2,1H3,(H,29,35). The molecule has 0 aliphatic heterocycles. The molecule has 1 saturated carbocycles. The van der Waals surface area contributed by atoms with E-state index in [0.29, 0.717) is 47.5 Å². The average molecular weight is 494 g/mol. The van der Waals surface area contributed by atoms with Crippen molar-refractivity contribution < 1.29 is 22.5 Å². The van der Waals surface area contributed by atoms with Gasteiger partial charge in [0.25, 0.3) is 5.91 Å². The summed E-state index contributed by atoms with van der Waals surface area (Å²) in [4.78, 5) is 17.2. The van der Waals surface area contributed by atoms with Crippen molar-refractivity contribution in [3.63, 3.8) is 0 Å². The van der Waals surface area contributed by atoms with E-state index in [-0.39, 0.29) is 5.91 Å². The van der Waals surface area contributed by atoms with Crippen LogP contribution in [0, 0.1) is 0 Å². The lowest BCUT2D eigenvalue weighted by atomic mass is 10.1. The number of nitrogens with zero attached hydrogens (tertiary/aromatic N) is 5. The van der Waals surface area contributed by atoms with Crippen LogP contribution in [-0.2, 0) is 19.6 Å². The monoisotopic (exact) mass is 494 g/mol. The molecule has 8 nitrogen and oxygen atoms in total. The minimum Gasteiger partial charge on any atom is -0.352 e. The van der Waals surface area contributed by atoms with Gasteiger partial charge in [-0.1, -0.05) is 5.16 Å². The zero-order chi connectivity index (χ0) is 25.0. The van der Waals surface area contributed by atoms with Crippen LogP contribution in [0.5, 0.6) is 0 Å². The van der Waals surface area contributed by atoms with Gasteiger partial charge in [0.15, 0.2) is 11.5 Å². The maximum atomic E-state index is 13.0. The van der Waals surface area contributed by atoms with Crippen molar-refractivity contribution in [2.24, 2.45) is 7.05 Å². The molecule has 6 rings (SSSR count). The van der Waals surface area contributed by atoms with Gasteiger partial charge in [-0.25, -0.2) is 0 Å². The van der Waals surface area contributed by atoms with Crippen LogP contribution in [0.1, 0.15) is 46.4 Å². The quantitative estimate of drug-likeness (QED) is 0.367. The van der Waals surface area contributed by atoms with Crippen LogP contribution in [0.3, 0.4) is 0 Å². The lowest BCUT2D eigenvalue weighted by Crippen LogP contribution is -2.25. The fourth-order valence-electron chi connectivity index (χ4n) is 4.35. The second-order valence-electron chi connectivity index (χ2n) is 8.98. The van der Waals surface area contributed by atoms with E-state index < -0.39 is 11.7 Å². The summed E-state index contributed by atoms with van der Waals surface area (Å²) in [5.74, 6) is 1.37. The summed E-state index contributed by atoms with van der Waals surface area (Å²) in [6, 6.07) is 10.2. The summed E-state index contributed by atoms with van der Waals surface area (Å²) >= 11 is 0. The topological polar surface area (TPSA) is 90.8 Å². The maximum Gasteiger partial charge on any atom is 0.416 e. The van der Waals surface area contributed by atoms with E-state index in [1.165, 1.54) is 12.1 Å². The summed E-state index contributed by atoms with van der Waals surface area (Å²) < 4.78 is 47.8. The van der Waals surface area contributed by atoms with Gasteiger partial charge < -0.3 is 9.84 Å². The fraction of sp³-hybridized carbons (Fsp3) is 0.280. The number of aromatic nitrogens is 5. The van der Waals surface area contributed by atoms with Crippen molar-refractivity contribution in [1.29, 1.82) is 0 Å². The largest absolute Gasteiger partial charge is 0.416 e. The molecule has 0 unspecified atom stereocenters. The molecule has 0 atom stereocenters. The number of hydrogen-bond donors (Lipinski definition) is 1. The summed E-state index contributed by atoms with van der Waals surface area (Å²) in [5, 5.41) is 12.9. The van der Waals surface area contributed by atoms with Crippen molar-refractivity contribution in [2.75, 3.05) is 6.54 Å². The minimum absolute atomic E-state index is 0.248. The molecule has 2 aromatic carbocycles. The molecule has 5 aromatic rings. The molecule has 3 aromatic heterocycles. The molecule has 0 radical (unpaired) electrons. The Balaban J connectivity index is 1.27. The molecule has 36 heavy (non-hydrogen) atoms. The van der Waals surface area contributed by atoms with Crippen molar-refractivity contribution in [3.8, 4) is 5.69 Å². The van der Waals surface area contributed by atoms with E-state index in [1.807, 2.05) is 6.20 Å². The van der Waals surface area contributed by atoms with Crippen molar-refractivity contribution in [2.45, 2.75) is 31.4 Å². The molecule has 3 heterocycles. The van der Waals surface area contributed by atoms with Gasteiger partial charge in [-0.15, -0.1) is 0 Å². The highest BCUT2D eigenvalue weighted by Crippen LogP contribution is 2.39.